The highest BCUT2D eigenvalue weighted by Gasteiger charge is 2.36. The molecular weight excluding hydrogens is 424 g/mol. The second-order valence-corrected chi connectivity index (χ2v) is 7.29. The van der Waals surface area contributed by atoms with E-state index in [0.29, 0.717) is 29.4 Å². The predicted octanol–water partition coefficient (Wildman–Crippen LogP) is 4.17. The summed E-state index contributed by atoms with van der Waals surface area (Å²) in [5.41, 5.74) is 0.246. The molecule has 1 fully saturated rings. The fourth-order valence-electron chi connectivity index (χ4n) is 2.90. The fraction of sp³-hybridized carbons (Fsp3) is 0.318. The summed E-state index contributed by atoms with van der Waals surface area (Å²) in [4.78, 5) is 38.3. The summed E-state index contributed by atoms with van der Waals surface area (Å²) in [7, 11) is 0. The number of rotatable bonds is 8. The van der Waals surface area contributed by atoms with Crippen molar-refractivity contribution in [3.05, 3.63) is 52.4 Å². The van der Waals surface area contributed by atoms with E-state index in [1.165, 1.54) is 12.3 Å². The number of nitrogens with zero attached hydrogens (tertiary/aromatic N) is 1. The molecule has 9 heteroatoms. The normalized spacial score (nSPS) is 16.5. The first-order chi connectivity index (χ1) is 14.8. The van der Waals surface area contributed by atoms with Crippen molar-refractivity contribution in [2.75, 3.05) is 6.61 Å². The minimum Gasteiger partial charge on any atom is -0.490 e. The molecule has 31 heavy (non-hydrogen) atoms. The monoisotopic (exact) mass is 446 g/mol. The van der Waals surface area contributed by atoms with E-state index in [1.807, 2.05) is 20.8 Å². The number of ether oxygens (including phenoxy) is 2. The molecule has 0 unspecified atom stereocenters. The third-order valence-corrected chi connectivity index (χ3v) is 4.90. The minimum absolute atomic E-state index is 0.0761. The van der Waals surface area contributed by atoms with Gasteiger partial charge >= 0.3 is 6.03 Å². The molecule has 1 aliphatic heterocycles. The highest BCUT2D eigenvalue weighted by atomic mass is 35.5. The molecule has 2 heterocycles. The Morgan fingerprint density at radius 2 is 2.03 bits per heavy atom. The van der Waals surface area contributed by atoms with Gasteiger partial charge in [-0.25, -0.2) is 4.79 Å². The van der Waals surface area contributed by atoms with Crippen LogP contribution in [0.3, 0.4) is 0 Å². The van der Waals surface area contributed by atoms with Crippen LogP contribution in [0.1, 0.15) is 38.5 Å². The van der Waals surface area contributed by atoms with E-state index in [9.17, 15) is 14.4 Å². The summed E-state index contributed by atoms with van der Waals surface area (Å²) < 4.78 is 16.7. The van der Waals surface area contributed by atoms with E-state index in [0.717, 1.165) is 11.3 Å². The number of furan rings is 1. The molecule has 4 amide bonds. The van der Waals surface area contributed by atoms with Crippen LogP contribution in [0.15, 0.2) is 40.5 Å². The number of urea groups is 1. The quantitative estimate of drug-likeness (QED) is 0.482. The lowest BCUT2D eigenvalue weighted by molar-refractivity contribution is -0.130. The number of carbonyl (C=O) groups excluding carboxylic acids is 3. The number of hydrogen-bond acceptors (Lipinski definition) is 6. The van der Waals surface area contributed by atoms with Crippen LogP contribution in [0.5, 0.6) is 11.5 Å². The second-order valence-electron chi connectivity index (χ2n) is 6.89. The Kier molecular flexibility index (Phi) is 7.02. The molecule has 1 atom stereocenters. The summed E-state index contributed by atoms with van der Waals surface area (Å²) in [5, 5.41) is 2.45. The van der Waals surface area contributed by atoms with E-state index in [4.69, 9.17) is 25.5 Å². The molecule has 0 radical (unpaired) electrons. The van der Waals surface area contributed by atoms with E-state index in [1.54, 1.807) is 24.3 Å². The van der Waals surface area contributed by atoms with Crippen molar-refractivity contribution < 1.29 is 28.3 Å². The van der Waals surface area contributed by atoms with Gasteiger partial charge in [0, 0.05) is 0 Å². The number of amides is 4. The average molecular weight is 447 g/mol. The maximum Gasteiger partial charge on any atom is 0.331 e. The van der Waals surface area contributed by atoms with Crippen LogP contribution in [0.2, 0.25) is 5.02 Å². The Balaban J connectivity index is 1.95. The summed E-state index contributed by atoms with van der Waals surface area (Å²) in [6.07, 6.45) is 3.50. The maximum absolute atomic E-state index is 12.9. The van der Waals surface area contributed by atoms with Crippen LogP contribution in [0.25, 0.3) is 6.08 Å². The predicted molar refractivity (Wildman–Crippen MR) is 114 cm³/mol. The van der Waals surface area contributed by atoms with E-state index < -0.39 is 17.8 Å². The highest BCUT2D eigenvalue weighted by molar-refractivity contribution is 6.33. The van der Waals surface area contributed by atoms with E-state index in [-0.39, 0.29) is 23.2 Å². The minimum atomic E-state index is -0.811. The highest BCUT2D eigenvalue weighted by Crippen LogP contribution is 2.38. The first kappa shape index (κ1) is 22.4. The van der Waals surface area contributed by atoms with Crippen molar-refractivity contribution in [1.29, 1.82) is 0 Å². The van der Waals surface area contributed by atoms with Gasteiger partial charge in [0.05, 0.1) is 30.5 Å². The number of carbonyl (C=O) groups is 3. The van der Waals surface area contributed by atoms with Crippen molar-refractivity contribution in [3.63, 3.8) is 0 Å². The molecule has 1 saturated heterocycles. The van der Waals surface area contributed by atoms with Crippen LogP contribution in [-0.2, 0) is 16.1 Å². The first-order valence-electron chi connectivity index (χ1n) is 9.88. The van der Waals surface area contributed by atoms with Gasteiger partial charge in [-0.2, -0.15) is 0 Å². The number of halogens is 1. The Morgan fingerprint density at radius 3 is 2.68 bits per heavy atom. The molecule has 0 bridgehead atoms. The van der Waals surface area contributed by atoms with Crippen LogP contribution in [-0.4, -0.2) is 35.5 Å². The zero-order valence-electron chi connectivity index (χ0n) is 17.4. The van der Waals surface area contributed by atoms with Crippen molar-refractivity contribution in [3.8, 4) is 11.5 Å². The Morgan fingerprint density at radius 1 is 1.26 bits per heavy atom. The summed E-state index contributed by atoms with van der Waals surface area (Å²) in [5.74, 6) is -0.326. The summed E-state index contributed by atoms with van der Waals surface area (Å²) >= 11 is 6.41. The first-order valence-corrected chi connectivity index (χ1v) is 10.3. The average Bonchev–Trinajstić information content (AvgIpc) is 3.24. The van der Waals surface area contributed by atoms with Gasteiger partial charge in [-0.05, 0) is 56.2 Å². The third kappa shape index (κ3) is 5.08. The largest absolute Gasteiger partial charge is 0.490 e. The van der Waals surface area contributed by atoms with Crippen LogP contribution >= 0.6 is 11.6 Å². The number of imide groups is 2. The molecule has 0 aliphatic carbocycles. The van der Waals surface area contributed by atoms with Crippen LogP contribution < -0.4 is 14.8 Å². The Bertz CT molecular complexity index is 1020. The molecule has 2 aromatic rings. The molecule has 1 aliphatic rings. The zero-order chi connectivity index (χ0) is 22.5. The number of hydrogen-bond donors (Lipinski definition) is 1. The van der Waals surface area contributed by atoms with E-state index >= 15 is 0 Å². The van der Waals surface area contributed by atoms with E-state index in [2.05, 4.69) is 5.32 Å². The van der Waals surface area contributed by atoms with Crippen molar-refractivity contribution >= 4 is 35.5 Å². The van der Waals surface area contributed by atoms with Gasteiger partial charge in [-0.3, -0.25) is 19.8 Å². The van der Waals surface area contributed by atoms with Gasteiger partial charge in [-0.15, -0.1) is 0 Å². The topological polar surface area (TPSA) is 98.1 Å². The zero-order valence-corrected chi connectivity index (χ0v) is 18.2. The number of nitrogens with one attached hydrogen (secondary N) is 1. The smallest absolute Gasteiger partial charge is 0.331 e. The Hall–Kier alpha value is -3.26. The molecule has 0 saturated carbocycles. The van der Waals surface area contributed by atoms with Crippen LogP contribution in [0, 0.1) is 0 Å². The van der Waals surface area contributed by atoms with Gasteiger partial charge in [0.25, 0.3) is 11.8 Å². The summed E-state index contributed by atoms with van der Waals surface area (Å²) in [6, 6.07) is 5.67. The van der Waals surface area contributed by atoms with Crippen molar-refractivity contribution in [2.45, 2.75) is 39.8 Å². The van der Waals surface area contributed by atoms with Gasteiger partial charge in [0.2, 0.25) is 0 Å². The summed E-state index contributed by atoms with van der Waals surface area (Å²) in [6.45, 7) is 5.99. The van der Waals surface area contributed by atoms with Gasteiger partial charge in [0.1, 0.15) is 11.3 Å². The molecule has 164 valence electrons. The van der Waals surface area contributed by atoms with Crippen LogP contribution in [0.4, 0.5) is 4.79 Å². The SMILES string of the molecule is CCOc1cc(/C=C2\C(=O)NC(=O)N(Cc3ccco3)C2=O)cc(Cl)c1O[C@@H](C)CC. The second kappa shape index (κ2) is 9.70. The van der Waals surface area contributed by atoms with Crippen molar-refractivity contribution in [2.24, 2.45) is 0 Å². The third-order valence-electron chi connectivity index (χ3n) is 4.62. The molecule has 0 spiro atoms. The standard InChI is InChI=1S/C22H23ClN2O6/c1-4-13(3)31-19-17(23)10-14(11-18(19)29-5-2)9-16-20(26)24-22(28)25(21(16)27)12-15-7-6-8-30-15/h6-11,13H,4-5,12H2,1-3H3,(H,24,26,28)/b16-9+/t13-/m0/s1. The molecular formula is C22H23ClN2O6. The maximum atomic E-state index is 12.9. The van der Waals surface area contributed by atoms with Gasteiger partial charge in [0.15, 0.2) is 11.5 Å². The van der Waals surface area contributed by atoms with Gasteiger partial charge in [-0.1, -0.05) is 18.5 Å². The lowest BCUT2D eigenvalue weighted by Crippen LogP contribution is -2.53. The lowest BCUT2D eigenvalue weighted by atomic mass is 10.1. The molecule has 8 nitrogen and oxygen atoms in total. The lowest BCUT2D eigenvalue weighted by Gasteiger charge is -2.25. The molecule has 1 aromatic carbocycles. The number of benzene rings is 1. The number of barbiturate groups is 1. The fourth-order valence-corrected chi connectivity index (χ4v) is 3.16. The Labute approximate surface area is 184 Å². The van der Waals surface area contributed by atoms with Gasteiger partial charge < -0.3 is 13.9 Å². The van der Waals surface area contributed by atoms with Crippen molar-refractivity contribution in [1.82, 2.24) is 10.2 Å². The molecule has 3 rings (SSSR count). The molecule has 1 aromatic heterocycles. The molecule has 1 N–H and O–H groups in total.